The van der Waals surface area contributed by atoms with E-state index >= 15 is 0 Å². The molecule has 1 aliphatic carbocycles. The normalized spacial score (nSPS) is 49.3. The van der Waals surface area contributed by atoms with Gasteiger partial charge >= 0.3 is 0 Å². The quantitative estimate of drug-likeness (QED) is 0.524. The van der Waals surface area contributed by atoms with Gasteiger partial charge in [-0.2, -0.15) is 0 Å². The van der Waals surface area contributed by atoms with Crippen LogP contribution in [-0.2, 0) is 0 Å². The highest BCUT2D eigenvalue weighted by Gasteiger charge is 2.46. The standard InChI is InChI=1S/C6H12O/c1-3-5-4-6(5,2)7/h5,7H,3-4H2,1-2H3/t5-,6-/m0/s1. The van der Waals surface area contributed by atoms with Gasteiger partial charge in [0.1, 0.15) is 0 Å². The molecule has 0 radical (unpaired) electrons. The van der Waals surface area contributed by atoms with Gasteiger partial charge < -0.3 is 5.11 Å². The van der Waals surface area contributed by atoms with Crippen LogP contribution in [0.5, 0.6) is 0 Å². The van der Waals surface area contributed by atoms with E-state index in [1.807, 2.05) is 6.92 Å². The predicted molar refractivity (Wildman–Crippen MR) is 29.0 cm³/mol. The molecule has 0 aromatic carbocycles. The number of rotatable bonds is 1. The van der Waals surface area contributed by atoms with Crippen molar-refractivity contribution in [1.82, 2.24) is 0 Å². The first-order chi connectivity index (χ1) is 3.17. The van der Waals surface area contributed by atoms with Crippen molar-refractivity contribution in [3.8, 4) is 0 Å². The summed E-state index contributed by atoms with van der Waals surface area (Å²) >= 11 is 0. The summed E-state index contributed by atoms with van der Waals surface area (Å²) in [7, 11) is 0. The van der Waals surface area contributed by atoms with Crippen LogP contribution in [0.15, 0.2) is 0 Å². The van der Waals surface area contributed by atoms with E-state index in [4.69, 9.17) is 5.11 Å². The minimum Gasteiger partial charge on any atom is -0.390 e. The molecule has 1 heteroatoms. The van der Waals surface area contributed by atoms with Gasteiger partial charge in [0.2, 0.25) is 0 Å². The first-order valence-electron chi connectivity index (χ1n) is 2.89. The zero-order valence-corrected chi connectivity index (χ0v) is 4.94. The van der Waals surface area contributed by atoms with Crippen LogP contribution in [0.25, 0.3) is 0 Å². The van der Waals surface area contributed by atoms with E-state index < -0.39 is 0 Å². The SMILES string of the molecule is CC[C@H]1C[C@]1(C)O. The molecule has 0 aromatic rings. The molecule has 1 nitrogen and oxygen atoms in total. The average Bonchev–Trinajstić information content (AvgIpc) is 2.13. The minimum absolute atomic E-state index is 0.283. The van der Waals surface area contributed by atoms with Gasteiger partial charge in [0.05, 0.1) is 5.60 Å². The Morgan fingerprint density at radius 2 is 2.29 bits per heavy atom. The van der Waals surface area contributed by atoms with Gasteiger partial charge in [-0.25, -0.2) is 0 Å². The van der Waals surface area contributed by atoms with Crippen LogP contribution in [0.2, 0.25) is 0 Å². The van der Waals surface area contributed by atoms with E-state index in [0.29, 0.717) is 5.92 Å². The van der Waals surface area contributed by atoms with Crippen molar-refractivity contribution in [2.24, 2.45) is 5.92 Å². The molecule has 0 saturated heterocycles. The zero-order chi connectivity index (χ0) is 5.49. The van der Waals surface area contributed by atoms with Crippen LogP contribution in [0.4, 0.5) is 0 Å². The first-order valence-corrected chi connectivity index (χ1v) is 2.89. The summed E-state index contributed by atoms with van der Waals surface area (Å²) in [5.74, 6) is 0.604. The van der Waals surface area contributed by atoms with Crippen molar-refractivity contribution >= 4 is 0 Å². The van der Waals surface area contributed by atoms with E-state index in [-0.39, 0.29) is 5.60 Å². The molecule has 1 fully saturated rings. The highest BCUT2D eigenvalue weighted by Crippen LogP contribution is 2.44. The monoisotopic (exact) mass is 100 g/mol. The van der Waals surface area contributed by atoms with Gasteiger partial charge in [-0.1, -0.05) is 13.3 Å². The van der Waals surface area contributed by atoms with E-state index in [9.17, 15) is 0 Å². The zero-order valence-electron chi connectivity index (χ0n) is 4.94. The molecule has 0 heterocycles. The Morgan fingerprint density at radius 3 is 2.29 bits per heavy atom. The Morgan fingerprint density at radius 1 is 1.86 bits per heavy atom. The van der Waals surface area contributed by atoms with Gasteiger partial charge in [-0.05, 0) is 19.3 Å². The molecule has 0 aliphatic heterocycles. The van der Waals surface area contributed by atoms with Gasteiger partial charge in [0.15, 0.2) is 0 Å². The van der Waals surface area contributed by atoms with Crippen molar-refractivity contribution < 1.29 is 5.11 Å². The molecule has 1 rings (SSSR count). The maximum atomic E-state index is 9.09. The van der Waals surface area contributed by atoms with Crippen LogP contribution in [-0.4, -0.2) is 10.7 Å². The summed E-state index contributed by atoms with van der Waals surface area (Å²) in [6.07, 6.45) is 2.15. The second-order valence-corrected chi connectivity index (χ2v) is 2.67. The molecule has 0 aromatic heterocycles. The Bertz CT molecular complexity index is 76.2. The largest absolute Gasteiger partial charge is 0.390 e. The minimum atomic E-state index is -0.283. The molecule has 1 saturated carbocycles. The summed E-state index contributed by atoms with van der Waals surface area (Å²) in [5, 5.41) is 9.09. The first kappa shape index (κ1) is 5.10. The van der Waals surface area contributed by atoms with Gasteiger partial charge in [0, 0.05) is 0 Å². The smallest absolute Gasteiger partial charge is 0.0652 e. The van der Waals surface area contributed by atoms with Crippen LogP contribution < -0.4 is 0 Å². The summed E-state index contributed by atoms with van der Waals surface area (Å²) < 4.78 is 0. The molecule has 0 bridgehead atoms. The third-order valence-electron chi connectivity index (χ3n) is 1.87. The Balaban J connectivity index is 2.30. The number of hydrogen-bond donors (Lipinski definition) is 1. The van der Waals surface area contributed by atoms with Crippen molar-refractivity contribution in [3.63, 3.8) is 0 Å². The molecule has 0 spiro atoms. The number of aliphatic hydroxyl groups is 1. The third-order valence-corrected chi connectivity index (χ3v) is 1.87. The Hall–Kier alpha value is -0.0400. The van der Waals surface area contributed by atoms with E-state index in [1.165, 1.54) is 0 Å². The molecular weight excluding hydrogens is 88.1 g/mol. The van der Waals surface area contributed by atoms with E-state index in [2.05, 4.69) is 6.92 Å². The third kappa shape index (κ3) is 0.778. The van der Waals surface area contributed by atoms with E-state index in [0.717, 1.165) is 12.8 Å². The fraction of sp³-hybridized carbons (Fsp3) is 1.00. The van der Waals surface area contributed by atoms with Gasteiger partial charge in [-0.15, -0.1) is 0 Å². The molecule has 42 valence electrons. The molecular formula is C6H12O. The second kappa shape index (κ2) is 1.22. The molecule has 7 heavy (non-hydrogen) atoms. The molecule has 0 amide bonds. The lowest BCUT2D eigenvalue weighted by molar-refractivity contribution is 0.151. The van der Waals surface area contributed by atoms with Crippen molar-refractivity contribution in [1.29, 1.82) is 0 Å². The maximum absolute atomic E-state index is 9.09. The lowest BCUT2D eigenvalue weighted by atomic mass is 10.2. The summed E-state index contributed by atoms with van der Waals surface area (Å²) in [6.45, 7) is 4.02. The predicted octanol–water partition coefficient (Wildman–Crippen LogP) is 1.17. The second-order valence-electron chi connectivity index (χ2n) is 2.67. The van der Waals surface area contributed by atoms with Crippen molar-refractivity contribution in [2.75, 3.05) is 0 Å². The highest BCUT2D eigenvalue weighted by atomic mass is 16.3. The average molecular weight is 100 g/mol. The summed E-state index contributed by atoms with van der Waals surface area (Å²) in [6, 6.07) is 0. The van der Waals surface area contributed by atoms with Crippen molar-refractivity contribution in [2.45, 2.75) is 32.3 Å². The van der Waals surface area contributed by atoms with E-state index in [1.54, 1.807) is 0 Å². The fourth-order valence-corrected chi connectivity index (χ4v) is 1.02. The fourth-order valence-electron chi connectivity index (χ4n) is 1.02. The summed E-state index contributed by atoms with van der Waals surface area (Å²) in [4.78, 5) is 0. The Kier molecular flexibility index (Phi) is 0.890. The van der Waals surface area contributed by atoms with Crippen LogP contribution >= 0.6 is 0 Å². The molecule has 0 unspecified atom stereocenters. The van der Waals surface area contributed by atoms with Crippen LogP contribution in [0.3, 0.4) is 0 Å². The topological polar surface area (TPSA) is 20.2 Å². The molecule has 1 N–H and O–H groups in total. The lowest BCUT2D eigenvalue weighted by Gasteiger charge is -1.95. The highest BCUT2D eigenvalue weighted by molar-refractivity contribution is 4.98. The summed E-state index contributed by atoms with van der Waals surface area (Å²) in [5.41, 5.74) is -0.283. The van der Waals surface area contributed by atoms with Gasteiger partial charge in [-0.3, -0.25) is 0 Å². The lowest BCUT2D eigenvalue weighted by Crippen LogP contribution is -2.01. The van der Waals surface area contributed by atoms with Crippen LogP contribution in [0, 0.1) is 5.92 Å². The van der Waals surface area contributed by atoms with Crippen molar-refractivity contribution in [3.05, 3.63) is 0 Å². The number of hydrogen-bond acceptors (Lipinski definition) is 1. The Labute approximate surface area is 44.4 Å². The van der Waals surface area contributed by atoms with Crippen LogP contribution in [0.1, 0.15) is 26.7 Å². The van der Waals surface area contributed by atoms with Gasteiger partial charge in [0.25, 0.3) is 0 Å². The maximum Gasteiger partial charge on any atom is 0.0652 e. The molecule has 1 aliphatic rings. The molecule has 2 atom stereocenters.